The molecule has 6 heteroatoms. The van der Waals surface area contributed by atoms with E-state index in [-0.39, 0.29) is 18.2 Å². The van der Waals surface area contributed by atoms with Crippen molar-refractivity contribution in [3.05, 3.63) is 101 Å². The average Bonchev–Trinajstić information content (AvgIpc) is 2.88. The molecule has 0 amide bonds. The number of nitrogens with zero attached hydrogens (tertiary/aromatic N) is 1. The first kappa shape index (κ1) is 25.8. The highest BCUT2D eigenvalue weighted by atomic mass is 16.5. The molecule has 0 bridgehead atoms. The molecule has 0 aliphatic heterocycles. The van der Waals surface area contributed by atoms with Gasteiger partial charge in [0.05, 0.1) is 23.4 Å². The van der Waals surface area contributed by atoms with Crippen molar-refractivity contribution in [2.75, 3.05) is 18.5 Å². The van der Waals surface area contributed by atoms with Crippen LogP contribution in [0.4, 0.5) is 11.4 Å². The van der Waals surface area contributed by atoms with Gasteiger partial charge in [0.2, 0.25) is 0 Å². The minimum Gasteiger partial charge on any atom is -0.462 e. The lowest BCUT2D eigenvalue weighted by Crippen LogP contribution is -2.30. The molecule has 1 aliphatic rings. The standard InChI is InChI=1S/C31H30N2O4/c1-20(2)33-25-15-9-13-23-28(25)30(36)22-12-8-14-24(27(22)29(23)35)32-18-31(3,4)19-37-26(34)17-16-21-10-6-5-7-11-21/h5-17,32H,18-19H2,1-4H3. The first-order chi connectivity index (χ1) is 17.7. The maximum atomic E-state index is 13.5. The van der Waals surface area contributed by atoms with E-state index in [2.05, 4.69) is 10.3 Å². The molecule has 188 valence electrons. The fraction of sp³-hybridized carbons (Fsp3) is 0.226. The highest BCUT2D eigenvalue weighted by Gasteiger charge is 2.34. The van der Waals surface area contributed by atoms with E-state index in [9.17, 15) is 14.4 Å². The number of anilines is 1. The second-order valence-corrected chi connectivity index (χ2v) is 10.0. The van der Waals surface area contributed by atoms with Crippen molar-refractivity contribution >= 4 is 40.7 Å². The Bertz CT molecular complexity index is 1410. The summed E-state index contributed by atoms with van der Waals surface area (Å²) in [5.74, 6) is -0.854. The van der Waals surface area contributed by atoms with E-state index in [1.165, 1.54) is 6.08 Å². The van der Waals surface area contributed by atoms with Gasteiger partial charge in [-0.2, -0.15) is 0 Å². The maximum absolute atomic E-state index is 13.5. The van der Waals surface area contributed by atoms with Gasteiger partial charge >= 0.3 is 5.97 Å². The lowest BCUT2D eigenvalue weighted by Gasteiger charge is -2.27. The summed E-state index contributed by atoms with van der Waals surface area (Å²) in [6, 6.07) is 19.9. The fourth-order valence-electron chi connectivity index (χ4n) is 4.13. The van der Waals surface area contributed by atoms with Crippen molar-refractivity contribution in [2.45, 2.75) is 27.7 Å². The van der Waals surface area contributed by atoms with E-state index < -0.39 is 11.4 Å². The molecule has 4 rings (SSSR count). The Morgan fingerprint density at radius 1 is 0.892 bits per heavy atom. The van der Waals surface area contributed by atoms with Crippen LogP contribution in [-0.4, -0.2) is 36.4 Å². The summed E-state index contributed by atoms with van der Waals surface area (Å²) in [7, 11) is 0. The molecule has 0 saturated heterocycles. The Morgan fingerprint density at radius 2 is 1.54 bits per heavy atom. The van der Waals surface area contributed by atoms with Crippen LogP contribution in [0.5, 0.6) is 0 Å². The Kier molecular flexibility index (Phi) is 7.48. The van der Waals surface area contributed by atoms with Gasteiger partial charge < -0.3 is 10.1 Å². The summed E-state index contributed by atoms with van der Waals surface area (Å²) in [6.45, 7) is 8.23. The predicted octanol–water partition coefficient (Wildman–Crippen LogP) is 6.27. The summed E-state index contributed by atoms with van der Waals surface area (Å²) in [4.78, 5) is 43.6. The lowest BCUT2D eigenvalue weighted by molar-refractivity contribution is -0.140. The maximum Gasteiger partial charge on any atom is 0.330 e. The summed E-state index contributed by atoms with van der Waals surface area (Å²) in [5.41, 5.74) is 3.77. The third-order valence-electron chi connectivity index (χ3n) is 5.97. The highest BCUT2D eigenvalue weighted by Crippen LogP contribution is 2.36. The van der Waals surface area contributed by atoms with Crippen molar-refractivity contribution in [2.24, 2.45) is 10.4 Å². The van der Waals surface area contributed by atoms with Crippen LogP contribution in [0, 0.1) is 5.41 Å². The van der Waals surface area contributed by atoms with Crippen LogP contribution in [0.3, 0.4) is 0 Å². The van der Waals surface area contributed by atoms with Crippen LogP contribution < -0.4 is 5.32 Å². The Labute approximate surface area is 217 Å². The molecule has 0 fully saturated rings. The van der Waals surface area contributed by atoms with Crippen LogP contribution in [0.15, 0.2) is 77.8 Å². The zero-order valence-electron chi connectivity index (χ0n) is 21.5. The Balaban J connectivity index is 1.48. The zero-order valence-corrected chi connectivity index (χ0v) is 21.5. The van der Waals surface area contributed by atoms with Crippen molar-refractivity contribution in [3.8, 4) is 0 Å². The van der Waals surface area contributed by atoms with Gasteiger partial charge in [-0.05, 0) is 37.6 Å². The third kappa shape index (κ3) is 5.92. The molecule has 1 N–H and O–H groups in total. The van der Waals surface area contributed by atoms with E-state index in [1.807, 2.05) is 58.0 Å². The van der Waals surface area contributed by atoms with Crippen LogP contribution in [0.1, 0.15) is 65.1 Å². The monoisotopic (exact) mass is 494 g/mol. The van der Waals surface area contributed by atoms with E-state index in [0.717, 1.165) is 11.3 Å². The molecule has 0 aromatic heterocycles. The van der Waals surface area contributed by atoms with Crippen LogP contribution >= 0.6 is 0 Å². The van der Waals surface area contributed by atoms with Crippen molar-refractivity contribution in [1.29, 1.82) is 0 Å². The van der Waals surface area contributed by atoms with E-state index in [4.69, 9.17) is 4.74 Å². The van der Waals surface area contributed by atoms with Crippen LogP contribution in [0.25, 0.3) is 6.08 Å². The number of carbonyl (C=O) groups is 3. The van der Waals surface area contributed by atoms with Crippen molar-refractivity contribution < 1.29 is 19.1 Å². The van der Waals surface area contributed by atoms with Gasteiger partial charge in [-0.3, -0.25) is 14.6 Å². The van der Waals surface area contributed by atoms with E-state index >= 15 is 0 Å². The third-order valence-corrected chi connectivity index (χ3v) is 5.97. The minimum atomic E-state index is -0.431. The van der Waals surface area contributed by atoms with Gasteiger partial charge in [0, 0.05) is 40.6 Å². The van der Waals surface area contributed by atoms with Gasteiger partial charge in [0.1, 0.15) is 0 Å². The first-order valence-electron chi connectivity index (χ1n) is 12.2. The molecule has 37 heavy (non-hydrogen) atoms. The molecular weight excluding hydrogens is 464 g/mol. The quantitative estimate of drug-likeness (QED) is 0.177. The molecule has 0 atom stereocenters. The van der Waals surface area contributed by atoms with Gasteiger partial charge in [0.15, 0.2) is 11.6 Å². The number of hydrogen-bond donors (Lipinski definition) is 1. The minimum absolute atomic E-state index is 0.181. The first-order valence-corrected chi connectivity index (χ1v) is 12.2. The normalized spacial score (nSPS) is 12.6. The van der Waals surface area contributed by atoms with Crippen LogP contribution in [0.2, 0.25) is 0 Å². The lowest BCUT2D eigenvalue weighted by atomic mass is 9.82. The summed E-state index contributed by atoms with van der Waals surface area (Å²) in [5, 5.41) is 3.31. The van der Waals surface area contributed by atoms with Gasteiger partial charge in [-0.25, -0.2) is 4.79 Å². The topological polar surface area (TPSA) is 84.8 Å². The van der Waals surface area contributed by atoms with E-state index in [0.29, 0.717) is 40.2 Å². The highest BCUT2D eigenvalue weighted by molar-refractivity contribution is 6.31. The number of ether oxygens (including phenoxy) is 1. The van der Waals surface area contributed by atoms with Gasteiger partial charge in [-0.15, -0.1) is 0 Å². The van der Waals surface area contributed by atoms with E-state index in [1.54, 1.807) is 42.5 Å². The number of fused-ring (bicyclic) bond motifs is 2. The molecule has 3 aromatic carbocycles. The molecule has 0 saturated carbocycles. The molecule has 0 spiro atoms. The van der Waals surface area contributed by atoms with Gasteiger partial charge in [0.25, 0.3) is 0 Å². The second kappa shape index (κ2) is 10.7. The van der Waals surface area contributed by atoms with Gasteiger partial charge in [-0.1, -0.05) is 68.4 Å². The fourth-order valence-corrected chi connectivity index (χ4v) is 4.13. The molecular formula is C31H30N2O4. The zero-order chi connectivity index (χ0) is 26.6. The number of rotatable bonds is 8. The predicted molar refractivity (Wildman–Crippen MR) is 147 cm³/mol. The molecule has 0 heterocycles. The molecule has 6 nitrogen and oxygen atoms in total. The SMILES string of the molecule is CC(C)=Nc1cccc2c1C(=O)c1cccc(NCC(C)(C)COC(=O)C=Cc3ccccc3)c1C2=O. The van der Waals surface area contributed by atoms with Crippen molar-refractivity contribution in [1.82, 2.24) is 0 Å². The number of esters is 1. The number of benzene rings is 3. The molecule has 0 radical (unpaired) electrons. The smallest absolute Gasteiger partial charge is 0.330 e. The Morgan fingerprint density at radius 3 is 2.24 bits per heavy atom. The Hall–Kier alpha value is -4.32. The summed E-state index contributed by atoms with van der Waals surface area (Å²) in [6.07, 6.45) is 3.12. The molecule has 3 aromatic rings. The largest absolute Gasteiger partial charge is 0.462 e. The number of hydrogen-bond acceptors (Lipinski definition) is 6. The average molecular weight is 495 g/mol. The molecule has 1 aliphatic carbocycles. The number of ketones is 2. The second-order valence-electron chi connectivity index (χ2n) is 10.0. The van der Waals surface area contributed by atoms with Crippen molar-refractivity contribution in [3.63, 3.8) is 0 Å². The number of carbonyl (C=O) groups excluding carboxylic acids is 3. The number of nitrogens with one attached hydrogen (secondary N) is 1. The summed E-state index contributed by atoms with van der Waals surface area (Å²) >= 11 is 0. The number of aliphatic imine (C=N–C) groups is 1. The molecule has 0 unspecified atom stereocenters. The summed E-state index contributed by atoms with van der Waals surface area (Å²) < 4.78 is 5.46. The van der Waals surface area contributed by atoms with Crippen LogP contribution in [-0.2, 0) is 9.53 Å².